The molecule has 1 amide bonds. The van der Waals surface area contributed by atoms with Gasteiger partial charge < -0.3 is 20.5 Å². The lowest BCUT2D eigenvalue weighted by molar-refractivity contribution is 0.0734. The molecule has 0 radical (unpaired) electrons. The van der Waals surface area contributed by atoms with Gasteiger partial charge in [0.25, 0.3) is 5.91 Å². The molecule has 2 heterocycles. The molecule has 0 bridgehead atoms. The number of aromatic nitrogens is 1. The maximum Gasteiger partial charge on any atom is 0.259 e. The van der Waals surface area contributed by atoms with E-state index in [1.807, 2.05) is 16.7 Å². The van der Waals surface area contributed by atoms with Gasteiger partial charge in [-0.2, -0.15) is 0 Å². The van der Waals surface area contributed by atoms with E-state index in [0.29, 0.717) is 24.2 Å². The summed E-state index contributed by atoms with van der Waals surface area (Å²) in [7, 11) is 0. The first-order chi connectivity index (χ1) is 11.5. The number of nitrogens with one attached hydrogen (secondary N) is 1. The van der Waals surface area contributed by atoms with Gasteiger partial charge in [-0.05, 0) is 25.5 Å². The number of nitrogens with two attached hydrogens (primary N) is 1. The molecule has 6 nitrogen and oxygen atoms in total. The lowest BCUT2D eigenvalue weighted by Crippen LogP contribution is -2.47. The van der Waals surface area contributed by atoms with Gasteiger partial charge in [-0.25, -0.2) is 0 Å². The second kappa shape index (κ2) is 6.65. The Hall–Kier alpha value is -2.34. The van der Waals surface area contributed by atoms with Crippen LogP contribution in [0, 0.1) is 0 Å². The normalized spacial score (nSPS) is 16.3. The SMILES string of the molecule is CCC(C)n1cc(C(=O)N2CCNCC2)c(=O)c2c(N)cccc21. The molecule has 0 spiro atoms. The van der Waals surface area contributed by atoms with E-state index in [1.54, 1.807) is 17.2 Å². The van der Waals surface area contributed by atoms with Crippen LogP contribution in [0.2, 0.25) is 0 Å². The number of benzene rings is 1. The van der Waals surface area contributed by atoms with E-state index in [4.69, 9.17) is 5.73 Å². The van der Waals surface area contributed by atoms with Crippen LogP contribution in [0.15, 0.2) is 29.2 Å². The predicted molar refractivity (Wildman–Crippen MR) is 96.4 cm³/mol. The van der Waals surface area contributed by atoms with Crippen LogP contribution in [0.5, 0.6) is 0 Å². The van der Waals surface area contributed by atoms with Crippen LogP contribution >= 0.6 is 0 Å². The van der Waals surface area contributed by atoms with Crippen molar-refractivity contribution in [3.8, 4) is 0 Å². The number of hydrogen-bond acceptors (Lipinski definition) is 4. The van der Waals surface area contributed by atoms with Gasteiger partial charge in [0.2, 0.25) is 5.43 Å². The second-order valence-corrected chi connectivity index (χ2v) is 6.32. The Balaban J connectivity index is 2.21. The molecule has 1 fully saturated rings. The fraction of sp³-hybridized carbons (Fsp3) is 0.444. The molecule has 6 heteroatoms. The number of amides is 1. The average Bonchev–Trinajstić information content (AvgIpc) is 2.61. The Morgan fingerprint density at radius 3 is 2.71 bits per heavy atom. The highest BCUT2D eigenvalue weighted by Crippen LogP contribution is 2.23. The summed E-state index contributed by atoms with van der Waals surface area (Å²) in [6.07, 6.45) is 2.61. The van der Waals surface area contributed by atoms with Gasteiger partial charge in [0, 0.05) is 44.1 Å². The molecule has 0 saturated carbocycles. The quantitative estimate of drug-likeness (QED) is 0.839. The highest BCUT2D eigenvalue weighted by atomic mass is 16.2. The van der Waals surface area contributed by atoms with Gasteiger partial charge in [-0.3, -0.25) is 9.59 Å². The van der Waals surface area contributed by atoms with Crippen molar-refractivity contribution < 1.29 is 4.79 Å². The fourth-order valence-electron chi connectivity index (χ4n) is 3.17. The molecule has 1 saturated heterocycles. The number of nitrogens with zero attached hydrogens (tertiary/aromatic N) is 2. The number of hydrogen-bond donors (Lipinski definition) is 2. The minimum atomic E-state index is -0.272. The summed E-state index contributed by atoms with van der Waals surface area (Å²) in [5.41, 5.74) is 7.21. The van der Waals surface area contributed by atoms with E-state index < -0.39 is 0 Å². The molecule has 1 unspecified atom stereocenters. The van der Waals surface area contributed by atoms with Crippen molar-refractivity contribution in [2.75, 3.05) is 31.9 Å². The van der Waals surface area contributed by atoms with Crippen LogP contribution in [0.4, 0.5) is 5.69 Å². The zero-order valence-electron chi connectivity index (χ0n) is 14.2. The van der Waals surface area contributed by atoms with Crippen molar-refractivity contribution in [2.24, 2.45) is 0 Å². The van der Waals surface area contributed by atoms with Crippen molar-refractivity contribution in [2.45, 2.75) is 26.3 Å². The van der Waals surface area contributed by atoms with Gasteiger partial charge in [-0.15, -0.1) is 0 Å². The van der Waals surface area contributed by atoms with E-state index in [1.165, 1.54) is 0 Å². The van der Waals surface area contributed by atoms with E-state index >= 15 is 0 Å². The Labute approximate surface area is 141 Å². The number of anilines is 1. The van der Waals surface area contributed by atoms with Crippen LogP contribution in [0.1, 0.15) is 36.7 Å². The molecule has 2 aromatic rings. The molecule has 1 aromatic heterocycles. The Bertz CT molecular complexity index is 822. The van der Waals surface area contributed by atoms with E-state index in [2.05, 4.69) is 19.2 Å². The maximum atomic E-state index is 12.9. The minimum absolute atomic E-state index is 0.171. The third kappa shape index (κ3) is 2.78. The molecule has 1 aliphatic rings. The van der Waals surface area contributed by atoms with Gasteiger partial charge in [0.1, 0.15) is 5.56 Å². The highest BCUT2D eigenvalue weighted by Gasteiger charge is 2.23. The summed E-state index contributed by atoms with van der Waals surface area (Å²) in [6.45, 7) is 6.89. The van der Waals surface area contributed by atoms with Crippen LogP contribution in [0.25, 0.3) is 10.9 Å². The summed E-state index contributed by atoms with van der Waals surface area (Å²) in [5, 5.41) is 3.66. The van der Waals surface area contributed by atoms with Crippen molar-refractivity contribution in [3.63, 3.8) is 0 Å². The van der Waals surface area contributed by atoms with Crippen molar-refractivity contribution in [1.82, 2.24) is 14.8 Å². The Morgan fingerprint density at radius 1 is 1.33 bits per heavy atom. The van der Waals surface area contributed by atoms with E-state index in [-0.39, 0.29) is 22.9 Å². The zero-order chi connectivity index (χ0) is 17.3. The third-order valence-electron chi connectivity index (χ3n) is 4.79. The molecule has 128 valence electrons. The molecule has 1 aromatic carbocycles. The summed E-state index contributed by atoms with van der Waals surface area (Å²) >= 11 is 0. The van der Waals surface area contributed by atoms with Gasteiger partial charge >= 0.3 is 0 Å². The lowest BCUT2D eigenvalue weighted by Gasteiger charge is -2.28. The highest BCUT2D eigenvalue weighted by molar-refractivity contribution is 6.00. The summed E-state index contributed by atoms with van der Waals surface area (Å²) in [5.74, 6) is -0.205. The first kappa shape index (κ1) is 16.5. The van der Waals surface area contributed by atoms with E-state index in [9.17, 15) is 9.59 Å². The van der Waals surface area contributed by atoms with Gasteiger partial charge in [0.05, 0.1) is 10.9 Å². The number of piperazine rings is 1. The predicted octanol–water partition coefficient (Wildman–Crippen LogP) is 1.60. The van der Waals surface area contributed by atoms with Crippen LogP contribution < -0.4 is 16.5 Å². The molecule has 24 heavy (non-hydrogen) atoms. The smallest absolute Gasteiger partial charge is 0.259 e. The van der Waals surface area contributed by atoms with Crippen molar-refractivity contribution >= 4 is 22.5 Å². The molecule has 1 aliphatic heterocycles. The zero-order valence-corrected chi connectivity index (χ0v) is 14.2. The first-order valence-corrected chi connectivity index (χ1v) is 8.48. The number of fused-ring (bicyclic) bond motifs is 1. The fourth-order valence-corrected chi connectivity index (χ4v) is 3.17. The molecular formula is C18H24N4O2. The number of carbonyl (C=O) groups is 1. The standard InChI is InChI=1S/C18H24N4O2/c1-3-12(2)22-11-13(18(24)21-9-7-20-8-10-21)17(23)16-14(19)5-4-6-15(16)22/h4-6,11-12,20H,3,7-10,19H2,1-2H3. The van der Waals surface area contributed by atoms with Gasteiger partial charge in [-0.1, -0.05) is 13.0 Å². The molecule has 0 aliphatic carbocycles. The minimum Gasteiger partial charge on any atom is -0.398 e. The summed E-state index contributed by atoms with van der Waals surface area (Å²) in [6, 6.07) is 5.61. The van der Waals surface area contributed by atoms with Gasteiger partial charge in [0.15, 0.2) is 0 Å². The summed E-state index contributed by atoms with van der Waals surface area (Å²) in [4.78, 5) is 27.6. The lowest BCUT2D eigenvalue weighted by atomic mass is 10.1. The molecule has 3 N–H and O–H groups in total. The van der Waals surface area contributed by atoms with Crippen molar-refractivity contribution in [1.29, 1.82) is 0 Å². The largest absolute Gasteiger partial charge is 0.398 e. The Kier molecular flexibility index (Phi) is 4.57. The topological polar surface area (TPSA) is 80.4 Å². The first-order valence-electron chi connectivity index (χ1n) is 8.48. The van der Waals surface area contributed by atoms with Crippen LogP contribution in [-0.4, -0.2) is 41.6 Å². The number of carbonyl (C=O) groups excluding carboxylic acids is 1. The molecule has 3 rings (SSSR count). The monoisotopic (exact) mass is 328 g/mol. The maximum absolute atomic E-state index is 12.9. The van der Waals surface area contributed by atoms with E-state index in [0.717, 1.165) is 25.0 Å². The third-order valence-corrected chi connectivity index (χ3v) is 4.79. The second-order valence-electron chi connectivity index (χ2n) is 6.32. The average molecular weight is 328 g/mol. The number of nitrogen functional groups attached to an aromatic ring is 1. The summed E-state index contributed by atoms with van der Waals surface area (Å²) < 4.78 is 2.00. The molecule has 1 atom stereocenters. The Morgan fingerprint density at radius 2 is 2.04 bits per heavy atom. The number of rotatable bonds is 3. The van der Waals surface area contributed by atoms with Crippen LogP contribution in [0.3, 0.4) is 0 Å². The van der Waals surface area contributed by atoms with Crippen LogP contribution in [-0.2, 0) is 0 Å². The van der Waals surface area contributed by atoms with Crippen molar-refractivity contribution in [3.05, 3.63) is 40.2 Å². The number of pyridine rings is 1. The molecular weight excluding hydrogens is 304 g/mol.